The van der Waals surface area contributed by atoms with Crippen molar-refractivity contribution in [2.75, 3.05) is 25.1 Å². The first-order valence-electron chi connectivity index (χ1n) is 15.3. The van der Waals surface area contributed by atoms with Crippen LogP contribution in [-0.2, 0) is 46.6 Å². The maximum atomic E-state index is 13.3. The van der Waals surface area contributed by atoms with E-state index in [1.54, 1.807) is 51.1 Å². The predicted octanol–water partition coefficient (Wildman–Crippen LogP) is 6.79. The molecule has 49 heavy (non-hydrogen) atoms. The fraction of sp³-hybridized carbons (Fsp3) is 0.243. The first-order chi connectivity index (χ1) is 23.3. The van der Waals surface area contributed by atoms with Gasteiger partial charge in [-0.1, -0.05) is 66.2 Å². The van der Waals surface area contributed by atoms with Crippen molar-refractivity contribution in [1.82, 2.24) is 0 Å². The lowest BCUT2D eigenvalue weighted by Crippen LogP contribution is -2.50. The first kappa shape index (κ1) is 36.2. The molecule has 0 saturated heterocycles. The molecule has 9 nitrogen and oxygen atoms in total. The summed E-state index contributed by atoms with van der Waals surface area (Å²) in [5.41, 5.74) is -0.672. The molecule has 4 aromatic rings. The van der Waals surface area contributed by atoms with E-state index in [2.05, 4.69) is 5.32 Å². The smallest absolute Gasteiger partial charge is 0.416 e. The largest absolute Gasteiger partial charge is 0.506 e. The molecule has 256 valence electrons. The average molecular weight is 678 g/mol. The number of esters is 3. The highest BCUT2D eigenvalue weighted by Crippen LogP contribution is 2.34. The van der Waals surface area contributed by atoms with Crippen LogP contribution in [0.15, 0.2) is 91.0 Å². The van der Waals surface area contributed by atoms with Gasteiger partial charge in [-0.3, -0.25) is 19.2 Å². The van der Waals surface area contributed by atoms with Crippen molar-refractivity contribution >= 4 is 29.5 Å². The van der Waals surface area contributed by atoms with E-state index in [9.17, 15) is 37.5 Å². The summed E-state index contributed by atoms with van der Waals surface area (Å²) in [6.45, 7) is 4.14. The fourth-order valence-electron chi connectivity index (χ4n) is 5.07. The van der Waals surface area contributed by atoms with Gasteiger partial charge in [0.1, 0.15) is 12.4 Å². The number of benzene rings is 4. The molecule has 0 fully saturated rings. The summed E-state index contributed by atoms with van der Waals surface area (Å²) >= 11 is 0. The Morgan fingerprint density at radius 1 is 0.755 bits per heavy atom. The number of aromatic hydroxyl groups is 1. The third-order valence-corrected chi connectivity index (χ3v) is 7.57. The van der Waals surface area contributed by atoms with Gasteiger partial charge in [0.25, 0.3) is 5.91 Å². The summed E-state index contributed by atoms with van der Waals surface area (Å²) in [6, 6.07) is 21.3. The second kappa shape index (κ2) is 15.5. The van der Waals surface area contributed by atoms with Gasteiger partial charge in [-0.05, 0) is 73.4 Å². The van der Waals surface area contributed by atoms with E-state index >= 15 is 0 Å². The molecule has 0 bridgehead atoms. The SMILES string of the molecule is CCOC(=O)C(COC(=O)Cc1ccc(NC(=O)c2ccc(C)cc2-c2ccc(C(F)(F)F)cc2)c(O)c1)(C(=O)OCC)c1ccccc1. The predicted molar refractivity (Wildman–Crippen MR) is 174 cm³/mol. The monoisotopic (exact) mass is 677 g/mol. The Bertz CT molecular complexity index is 1800. The van der Waals surface area contributed by atoms with Gasteiger partial charge in [-0.15, -0.1) is 0 Å². The van der Waals surface area contributed by atoms with E-state index in [0.29, 0.717) is 16.7 Å². The van der Waals surface area contributed by atoms with Gasteiger partial charge < -0.3 is 24.6 Å². The van der Waals surface area contributed by atoms with Crippen molar-refractivity contribution in [3.05, 3.63) is 119 Å². The van der Waals surface area contributed by atoms with E-state index in [1.165, 1.54) is 48.5 Å². The van der Waals surface area contributed by atoms with E-state index in [4.69, 9.17) is 14.2 Å². The number of nitrogens with one attached hydrogen (secondary N) is 1. The van der Waals surface area contributed by atoms with Gasteiger partial charge in [-0.2, -0.15) is 13.2 Å². The lowest BCUT2D eigenvalue weighted by Gasteiger charge is -2.29. The average Bonchev–Trinajstić information content (AvgIpc) is 3.06. The normalized spacial score (nSPS) is 11.4. The first-order valence-corrected chi connectivity index (χ1v) is 15.3. The Hall–Kier alpha value is -5.65. The van der Waals surface area contributed by atoms with Gasteiger partial charge in [0, 0.05) is 5.56 Å². The minimum atomic E-state index is -4.51. The summed E-state index contributed by atoms with van der Waals surface area (Å²) in [7, 11) is 0. The number of aryl methyl sites for hydroxylation is 1. The van der Waals surface area contributed by atoms with Crippen molar-refractivity contribution < 1.29 is 51.7 Å². The Balaban J connectivity index is 1.50. The Kier molecular flexibility index (Phi) is 11.4. The van der Waals surface area contributed by atoms with Gasteiger partial charge >= 0.3 is 24.1 Å². The molecule has 0 heterocycles. The van der Waals surface area contributed by atoms with Crippen LogP contribution >= 0.6 is 0 Å². The van der Waals surface area contributed by atoms with Crippen LogP contribution in [0.3, 0.4) is 0 Å². The molecule has 12 heteroatoms. The number of rotatable bonds is 12. The van der Waals surface area contributed by atoms with E-state index in [-0.39, 0.29) is 42.2 Å². The maximum Gasteiger partial charge on any atom is 0.416 e. The molecule has 4 rings (SSSR count). The number of anilines is 1. The molecular formula is C37H34F3NO8. The van der Waals surface area contributed by atoms with Gasteiger partial charge in [0.05, 0.1) is 30.9 Å². The highest BCUT2D eigenvalue weighted by molar-refractivity contribution is 6.09. The molecule has 0 aliphatic heterocycles. The Morgan fingerprint density at radius 2 is 1.39 bits per heavy atom. The molecule has 2 N–H and O–H groups in total. The number of ether oxygens (including phenoxy) is 3. The van der Waals surface area contributed by atoms with E-state index in [0.717, 1.165) is 17.7 Å². The summed E-state index contributed by atoms with van der Waals surface area (Å²) < 4.78 is 55.1. The number of hydrogen-bond acceptors (Lipinski definition) is 8. The Morgan fingerprint density at radius 3 is 1.96 bits per heavy atom. The number of carbonyl (C=O) groups is 4. The molecule has 4 aromatic carbocycles. The molecular weight excluding hydrogens is 643 g/mol. The van der Waals surface area contributed by atoms with Crippen molar-refractivity contribution in [2.24, 2.45) is 0 Å². The summed E-state index contributed by atoms with van der Waals surface area (Å²) in [4.78, 5) is 52.6. The molecule has 0 aromatic heterocycles. The van der Waals surface area contributed by atoms with Crippen molar-refractivity contribution in [3.63, 3.8) is 0 Å². The third kappa shape index (κ3) is 8.45. The van der Waals surface area contributed by atoms with Gasteiger partial charge in [0.2, 0.25) is 5.41 Å². The number of carbonyl (C=O) groups excluding carboxylic acids is 4. The molecule has 0 unspecified atom stereocenters. The summed E-state index contributed by atoms with van der Waals surface area (Å²) in [5.74, 6) is -3.72. The van der Waals surface area contributed by atoms with Crippen LogP contribution in [0.25, 0.3) is 11.1 Å². The highest BCUT2D eigenvalue weighted by Gasteiger charge is 2.52. The molecule has 1 amide bonds. The maximum absolute atomic E-state index is 13.3. The molecule has 0 radical (unpaired) electrons. The minimum absolute atomic E-state index is 0.00813. The zero-order valence-electron chi connectivity index (χ0n) is 26.9. The van der Waals surface area contributed by atoms with Crippen LogP contribution in [0.4, 0.5) is 18.9 Å². The van der Waals surface area contributed by atoms with Crippen molar-refractivity contribution in [1.29, 1.82) is 0 Å². The van der Waals surface area contributed by atoms with Crippen LogP contribution in [0.1, 0.15) is 46.5 Å². The fourth-order valence-corrected chi connectivity index (χ4v) is 5.07. The van der Waals surface area contributed by atoms with Gasteiger partial charge in [-0.25, -0.2) is 0 Å². The number of phenols is 1. The molecule has 0 aliphatic rings. The number of alkyl halides is 3. The zero-order chi connectivity index (χ0) is 35.8. The van der Waals surface area contributed by atoms with Crippen LogP contribution in [0.2, 0.25) is 0 Å². The van der Waals surface area contributed by atoms with E-state index < -0.39 is 47.6 Å². The van der Waals surface area contributed by atoms with Crippen molar-refractivity contribution in [2.45, 2.75) is 38.8 Å². The summed E-state index contributed by atoms with van der Waals surface area (Å²) in [5, 5.41) is 13.3. The van der Waals surface area contributed by atoms with Crippen LogP contribution in [0.5, 0.6) is 5.75 Å². The number of phenolic OH excluding ortho intramolecular Hbond substituents is 1. The standard InChI is InChI=1S/C37H34F3NO8/c1-4-47-34(45)36(35(46)48-5-2,26-9-7-6-8-10-26)22-49-32(43)21-24-12-18-30(31(42)20-24)41-33(44)28-17-11-23(3)19-29(28)25-13-15-27(16-14-25)37(38,39)40/h6-20,42H,4-5,21-22H2,1-3H3,(H,41,44). The van der Waals surface area contributed by atoms with Crippen LogP contribution < -0.4 is 5.32 Å². The molecule has 0 saturated carbocycles. The lowest BCUT2D eigenvalue weighted by molar-refractivity contribution is -0.170. The molecule has 0 aliphatic carbocycles. The minimum Gasteiger partial charge on any atom is -0.506 e. The quantitative estimate of drug-likeness (QED) is 0.0727. The topological polar surface area (TPSA) is 128 Å². The summed E-state index contributed by atoms with van der Waals surface area (Å²) in [6.07, 6.45) is -4.88. The lowest BCUT2D eigenvalue weighted by atomic mass is 9.81. The third-order valence-electron chi connectivity index (χ3n) is 7.57. The Labute approximate surface area is 280 Å². The second-order valence-corrected chi connectivity index (χ2v) is 11.0. The second-order valence-electron chi connectivity index (χ2n) is 11.0. The van der Waals surface area contributed by atoms with Crippen LogP contribution in [-0.4, -0.2) is 48.7 Å². The zero-order valence-corrected chi connectivity index (χ0v) is 26.9. The van der Waals surface area contributed by atoms with E-state index in [1.807, 2.05) is 0 Å². The highest BCUT2D eigenvalue weighted by atomic mass is 19.4. The number of hydrogen-bond donors (Lipinski definition) is 2. The molecule has 0 atom stereocenters. The van der Waals surface area contributed by atoms with Gasteiger partial charge in [0.15, 0.2) is 0 Å². The molecule has 0 spiro atoms. The van der Waals surface area contributed by atoms with Crippen LogP contribution in [0, 0.1) is 6.92 Å². The number of halogens is 3. The number of amides is 1. The van der Waals surface area contributed by atoms with Crippen molar-refractivity contribution in [3.8, 4) is 16.9 Å².